The van der Waals surface area contributed by atoms with Crippen molar-refractivity contribution in [2.75, 3.05) is 13.2 Å². The van der Waals surface area contributed by atoms with E-state index in [1.807, 2.05) is 0 Å². The number of hydrogen-bond acceptors (Lipinski definition) is 6. The number of hydrogen-bond donors (Lipinski definition) is 0. The Morgan fingerprint density at radius 1 is 0.266 bits per heavy atom. The monoisotopic (exact) mass is 1110 g/mol. The highest BCUT2D eigenvalue weighted by atomic mass is 16.6. The van der Waals surface area contributed by atoms with Crippen LogP contribution in [-0.4, -0.2) is 37.2 Å². The number of allylic oxidation sites excluding steroid dienone is 10. The van der Waals surface area contributed by atoms with E-state index in [0.29, 0.717) is 19.3 Å². The van der Waals surface area contributed by atoms with E-state index in [9.17, 15) is 14.4 Å². The minimum absolute atomic E-state index is 0.0702. The van der Waals surface area contributed by atoms with Crippen LogP contribution in [0.15, 0.2) is 60.8 Å². The van der Waals surface area contributed by atoms with Crippen LogP contribution in [-0.2, 0) is 28.6 Å². The standard InChI is InChI=1S/C73H132O6/c1-4-7-10-13-16-19-21-23-25-27-29-31-33-35-36-38-39-41-43-45-47-49-51-54-57-60-63-66-72(75)78-69-70(68-77-71(74)65-62-59-56-53-18-15-12-9-6-3)79-73(76)67-64-61-58-55-52-50-48-46-44-42-40-37-34-32-30-28-26-24-22-20-17-14-11-8-5-2/h8,11,17,20,24,26-27,29-30,32,70H,4-7,9-10,12-16,18-19,21-23,25,28,31,33-69H2,1-3H3/b11-8-,20-17-,26-24-,29-27-,32-30-. The van der Waals surface area contributed by atoms with Gasteiger partial charge in [-0.1, -0.05) is 326 Å². The number of esters is 3. The minimum atomic E-state index is -0.773. The van der Waals surface area contributed by atoms with Gasteiger partial charge in [0.05, 0.1) is 0 Å². The molecule has 0 rings (SSSR count). The molecule has 0 aliphatic carbocycles. The predicted molar refractivity (Wildman–Crippen MR) is 344 cm³/mol. The smallest absolute Gasteiger partial charge is 0.306 e. The quantitative estimate of drug-likeness (QED) is 0.0261. The van der Waals surface area contributed by atoms with E-state index < -0.39 is 6.10 Å². The molecule has 0 bridgehead atoms. The van der Waals surface area contributed by atoms with Gasteiger partial charge in [-0.15, -0.1) is 0 Å². The molecular weight excluding hydrogens is 973 g/mol. The lowest BCUT2D eigenvalue weighted by Crippen LogP contribution is -2.30. The molecule has 0 fully saturated rings. The van der Waals surface area contributed by atoms with Crippen LogP contribution in [0, 0.1) is 0 Å². The molecule has 6 heteroatoms. The second-order valence-electron chi connectivity index (χ2n) is 23.4. The molecule has 0 radical (unpaired) electrons. The fourth-order valence-electron chi connectivity index (χ4n) is 10.3. The van der Waals surface area contributed by atoms with Crippen LogP contribution in [0.2, 0.25) is 0 Å². The number of carbonyl (C=O) groups is 3. The molecule has 0 saturated carbocycles. The topological polar surface area (TPSA) is 78.9 Å². The van der Waals surface area contributed by atoms with Gasteiger partial charge in [-0.2, -0.15) is 0 Å². The first-order chi connectivity index (χ1) is 39.0. The normalized spacial score (nSPS) is 12.4. The highest BCUT2D eigenvalue weighted by molar-refractivity contribution is 5.71. The third-order valence-corrected chi connectivity index (χ3v) is 15.5. The van der Waals surface area contributed by atoms with Gasteiger partial charge < -0.3 is 14.2 Å². The summed E-state index contributed by atoms with van der Waals surface area (Å²) in [6.45, 7) is 6.56. The summed E-state index contributed by atoms with van der Waals surface area (Å²) in [5.41, 5.74) is 0. The van der Waals surface area contributed by atoms with Crippen LogP contribution in [0.4, 0.5) is 0 Å². The Bertz CT molecular complexity index is 1410. The average Bonchev–Trinajstić information content (AvgIpc) is 3.45. The summed E-state index contributed by atoms with van der Waals surface area (Å²) in [6.07, 6.45) is 86.9. The second-order valence-corrected chi connectivity index (χ2v) is 23.4. The summed E-state index contributed by atoms with van der Waals surface area (Å²) in [5.74, 6) is -0.853. The maximum Gasteiger partial charge on any atom is 0.306 e. The Hall–Kier alpha value is -2.89. The van der Waals surface area contributed by atoms with Gasteiger partial charge >= 0.3 is 17.9 Å². The SMILES string of the molecule is CC/C=C\C/C=C\C/C=C\C/C=C\CCCCCCCCCCCCCCC(=O)OC(COC(=O)CCCCCCCCCCC)COC(=O)CCCCCCCCCCCCCCCCC/C=C\CCCCCCCCCC. The molecule has 0 saturated heterocycles. The van der Waals surface area contributed by atoms with E-state index >= 15 is 0 Å². The Labute approximate surface area is 491 Å². The lowest BCUT2D eigenvalue weighted by Gasteiger charge is -2.18. The van der Waals surface area contributed by atoms with E-state index in [0.717, 1.165) is 83.5 Å². The number of ether oxygens (including phenoxy) is 3. The molecule has 0 aromatic heterocycles. The summed E-state index contributed by atoms with van der Waals surface area (Å²) in [6, 6.07) is 0. The van der Waals surface area contributed by atoms with Crippen molar-refractivity contribution in [3.05, 3.63) is 60.8 Å². The van der Waals surface area contributed by atoms with E-state index in [-0.39, 0.29) is 31.1 Å². The fourth-order valence-corrected chi connectivity index (χ4v) is 10.3. The van der Waals surface area contributed by atoms with Crippen molar-refractivity contribution in [2.24, 2.45) is 0 Å². The third-order valence-electron chi connectivity index (χ3n) is 15.5. The highest BCUT2D eigenvalue weighted by Crippen LogP contribution is 2.18. The molecule has 0 heterocycles. The van der Waals surface area contributed by atoms with E-state index in [2.05, 4.69) is 81.5 Å². The first-order valence-corrected chi connectivity index (χ1v) is 34.8. The van der Waals surface area contributed by atoms with Gasteiger partial charge in [0.1, 0.15) is 13.2 Å². The van der Waals surface area contributed by atoms with Gasteiger partial charge in [0.2, 0.25) is 0 Å². The molecule has 0 aromatic rings. The largest absolute Gasteiger partial charge is 0.462 e. The number of unbranched alkanes of at least 4 members (excludes halogenated alkanes) is 43. The molecule has 1 atom stereocenters. The van der Waals surface area contributed by atoms with Crippen LogP contribution in [0.25, 0.3) is 0 Å². The first kappa shape index (κ1) is 76.1. The Morgan fingerprint density at radius 2 is 0.494 bits per heavy atom. The lowest BCUT2D eigenvalue weighted by molar-refractivity contribution is -0.167. The summed E-state index contributed by atoms with van der Waals surface area (Å²) in [7, 11) is 0. The Morgan fingerprint density at radius 3 is 0.785 bits per heavy atom. The molecular formula is C73H132O6. The molecule has 0 aromatic carbocycles. The van der Waals surface area contributed by atoms with Crippen molar-refractivity contribution in [3.8, 4) is 0 Å². The van der Waals surface area contributed by atoms with Crippen molar-refractivity contribution in [2.45, 2.75) is 374 Å². The Kier molecular flexibility index (Phi) is 65.1. The lowest BCUT2D eigenvalue weighted by atomic mass is 10.0. The van der Waals surface area contributed by atoms with Crippen LogP contribution in [0.5, 0.6) is 0 Å². The molecule has 0 spiro atoms. The first-order valence-electron chi connectivity index (χ1n) is 34.8. The molecule has 0 aliphatic rings. The van der Waals surface area contributed by atoms with Crippen molar-refractivity contribution in [1.82, 2.24) is 0 Å². The van der Waals surface area contributed by atoms with Gasteiger partial charge in [-0.25, -0.2) is 0 Å². The Balaban J connectivity index is 4.13. The van der Waals surface area contributed by atoms with Crippen molar-refractivity contribution in [1.29, 1.82) is 0 Å². The van der Waals surface area contributed by atoms with Crippen LogP contribution in [0.1, 0.15) is 367 Å². The zero-order chi connectivity index (χ0) is 57.1. The molecule has 460 valence electrons. The van der Waals surface area contributed by atoms with E-state index in [1.165, 1.54) is 244 Å². The summed E-state index contributed by atoms with van der Waals surface area (Å²) in [5, 5.41) is 0. The summed E-state index contributed by atoms with van der Waals surface area (Å²) >= 11 is 0. The van der Waals surface area contributed by atoms with Crippen molar-refractivity contribution in [3.63, 3.8) is 0 Å². The van der Waals surface area contributed by atoms with Gasteiger partial charge in [-0.05, 0) is 83.5 Å². The zero-order valence-electron chi connectivity index (χ0n) is 52.9. The minimum Gasteiger partial charge on any atom is -0.462 e. The van der Waals surface area contributed by atoms with Gasteiger partial charge in [-0.3, -0.25) is 14.4 Å². The molecule has 6 nitrogen and oxygen atoms in total. The molecule has 0 N–H and O–H groups in total. The maximum atomic E-state index is 12.9. The third kappa shape index (κ3) is 65.8. The zero-order valence-corrected chi connectivity index (χ0v) is 52.9. The summed E-state index contributed by atoms with van der Waals surface area (Å²) < 4.78 is 16.9. The van der Waals surface area contributed by atoms with Crippen LogP contribution >= 0.6 is 0 Å². The van der Waals surface area contributed by atoms with Gasteiger partial charge in [0, 0.05) is 19.3 Å². The molecule has 1 unspecified atom stereocenters. The van der Waals surface area contributed by atoms with E-state index in [1.54, 1.807) is 0 Å². The van der Waals surface area contributed by atoms with Crippen LogP contribution < -0.4 is 0 Å². The number of carbonyl (C=O) groups excluding carboxylic acids is 3. The summed E-state index contributed by atoms with van der Waals surface area (Å²) in [4.78, 5) is 38.3. The van der Waals surface area contributed by atoms with E-state index in [4.69, 9.17) is 14.2 Å². The van der Waals surface area contributed by atoms with Crippen LogP contribution in [0.3, 0.4) is 0 Å². The van der Waals surface area contributed by atoms with Gasteiger partial charge in [0.25, 0.3) is 0 Å². The molecule has 79 heavy (non-hydrogen) atoms. The fraction of sp³-hybridized carbons (Fsp3) is 0.822. The highest BCUT2D eigenvalue weighted by Gasteiger charge is 2.19. The molecule has 0 aliphatic heterocycles. The van der Waals surface area contributed by atoms with Crippen molar-refractivity contribution >= 4 is 17.9 Å². The predicted octanol–water partition coefficient (Wildman–Crippen LogP) is 23.9. The van der Waals surface area contributed by atoms with Gasteiger partial charge in [0.15, 0.2) is 6.10 Å². The number of rotatable bonds is 64. The second kappa shape index (κ2) is 67.6. The average molecular weight is 1110 g/mol. The maximum absolute atomic E-state index is 12.9. The molecule has 0 amide bonds. The van der Waals surface area contributed by atoms with Crippen molar-refractivity contribution < 1.29 is 28.6 Å².